The maximum Gasteiger partial charge on any atom is 0.0638 e. The molecule has 1 heterocycles. The Bertz CT molecular complexity index is 930. The molecular formula is C23H23Cl2N3. The van der Waals surface area contributed by atoms with E-state index >= 15 is 0 Å². The summed E-state index contributed by atoms with van der Waals surface area (Å²) in [6.07, 6.45) is 0. The van der Waals surface area contributed by atoms with E-state index in [-0.39, 0.29) is 6.04 Å². The summed E-state index contributed by atoms with van der Waals surface area (Å²) in [5, 5.41) is 8.58. The number of anilines is 2. The summed E-state index contributed by atoms with van der Waals surface area (Å²) in [4.78, 5) is 2.46. The molecule has 0 saturated heterocycles. The van der Waals surface area contributed by atoms with Gasteiger partial charge in [-0.25, -0.2) is 0 Å². The number of fused-ring (bicyclic) bond motifs is 1. The number of benzene rings is 3. The summed E-state index contributed by atoms with van der Waals surface area (Å²) < 4.78 is 0. The maximum absolute atomic E-state index is 6.62. The highest BCUT2D eigenvalue weighted by molar-refractivity contribution is 6.31. The molecule has 0 saturated carbocycles. The molecular weight excluding hydrogens is 389 g/mol. The first-order valence-corrected chi connectivity index (χ1v) is 10.3. The van der Waals surface area contributed by atoms with E-state index in [0.29, 0.717) is 0 Å². The van der Waals surface area contributed by atoms with Gasteiger partial charge in [-0.1, -0.05) is 59.6 Å². The maximum atomic E-state index is 6.62. The Morgan fingerprint density at radius 1 is 0.929 bits per heavy atom. The number of nitrogens with zero attached hydrogens (tertiary/aromatic N) is 1. The third-order valence-electron chi connectivity index (χ3n) is 5.09. The van der Waals surface area contributed by atoms with Gasteiger partial charge in [0.25, 0.3) is 0 Å². The molecule has 0 amide bonds. The molecule has 1 atom stereocenters. The Hall–Kier alpha value is -2.20. The molecule has 5 heteroatoms. The summed E-state index contributed by atoms with van der Waals surface area (Å²) in [7, 11) is 0. The van der Waals surface area contributed by atoms with Crippen LogP contribution in [0.4, 0.5) is 11.4 Å². The van der Waals surface area contributed by atoms with Crippen molar-refractivity contribution in [1.29, 1.82) is 0 Å². The van der Waals surface area contributed by atoms with Crippen LogP contribution in [0.1, 0.15) is 17.2 Å². The van der Waals surface area contributed by atoms with E-state index < -0.39 is 0 Å². The topological polar surface area (TPSA) is 27.3 Å². The van der Waals surface area contributed by atoms with Crippen molar-refractivity contribution < 1.29 is 0 Å². The SMILES string of the molecule is Clc1ccc2c(c1)C(c1ccccc1Cl)N(CCNc1ccccc1)CCN2. The van der Waals surface area contributed by atoms with Crippen molar-refractivity contribution in [3.8, 4) is 0 Å². The Balaban J connectivity index is 1.64. The molecule has 0 spiro atoms. The van der Waals surface area contributed by atoms with E-state index in [1.165, 1.54) is 0 Å². The molecule has 0 fully saturated rings. The van der Waals surface area contributed by atoms with Crippen LogP contribution in [-0.2, 0) is 0 Å². The minimum atomic E-state index is 0.0509. The fourth-order valence-electron chi connectivity index (χ4n) is 3.78. The third-order valence-corrected chi connectivity index (χ3v) is 5.67. The molecule has 2 N–H and O–H groups in total. The Morgan fingerprint density at radius 3 is 2.54 bits per heavy atom. The second-order valence-electron chi connectivity index (χ2n) is 6.91. The van der Waals surface area contributed by atoms with Crippen LogP contribution in [0.25, 0.3) is 0 Å². The molecule has 1 aliphatic rings. The third kappa shape index (κ3) is 4.27. The Kier molecular flexibility index (Phi) is 6.06. The molecule has 3 aromatic carbocycles. The summed E-state index contributed by atoms with van der Waals surface area (Å²) in [6, 6.07) is 24.5. The number of hydrogen-bond donors (Lipinski definition) is 2. The minimum Gasteiger partial charge on any atom is -0.384 e. The molecule has 0 radical (unpaired) electrons. The van der Waals surface area contributed by atoms with E-state index in [9.17, 15) is 0 Å². The van der Waals surface area contributed by atoms with Crippen LogP contribution >= 0.6 is 23.2 Å². The second kappa shape index (κ2) is 8.87. The molecule has 1 unspecified atom stereocenters. The van der Waals surface area contributed by atoms with Crippen molar-refractivity contribution in [3.05, 3.63) is 94.0 Å². The van der Waals surface area contributed by atoms with Crippen molar-refractivity contribution in [3.63, 3.8) is 0 Å². The van der Waals surface area contributed by atoms with Crippen molar-refractivity contribution in [2.45, 2.75) is 6.04 Å². The highest BCUT2D eigenvalue weighted by Gasteiger charge is 2.28. The zero-order valence-electron chi connectivity index (χ0n) is 15.5. The second-order valence-corrected chi connectivity index (χ2v) is 7.75. The predicted molar refractivity (Wildman–Crippen MR) is 120 cm³/mol. The monoisotopic (exact) mass is 411 g/mol. The number of rotatable bonds is 5. The highest BCUT2D eigenvalue weighted by Crippen LogP contribution is 2.39. The molecule has 0 aromatic heterocycles. The van der Waals surface area contributed by atoms with Crippen LogP contribution in [0, 0.1) is 0 Å². The number of nitrogens with one attached hydrogen (secondary N) is 2. The van der Waals surface area contributed by atoms with Crippen molar-refractivity contribution in [2.24, 2.45) is 0 Å². The van der Waals surface area contributed by atoms with E-state index in [0.717, 1.165) is 58.7 Å². The zero-order valence-corrected chi connectivity index (χ0v) is 17.0. The summed E-state index contributed by atoms with van der Waals surface area (Å²) >= 11 is 13.0. The lowest BCUT2D eigenvalue weighted by atomic mass is 9.95. The van der Waals surface area contributed by atoms with Gasteiger partial charge in [0.05, 0.1) is 6.04 Å². The van der Waals surface area contributed by atoms with Gasteiger partial charge in [-0.05, 0) is 47.5 Å². The zero-order chi connectivity index (χ0) is 19.3. The molecule has 3 aromatic rings. The smallest absolute Gasteiger partial charge is 0.0638 e. The molecule has 0 aliphatic carbocycles. The van der Waals surface area contributed by atoms with Crippen LogP contribution < -0.4 is 10.6 Å². The van der Waals surface area contributed by atoms with Gasteiger partial charge in [-0.15, -0.1) is 0 Å². The average molecular weight is 412 g/mol. The van der Waals surface area contributed by atoms with Crippen molar-refractivity contribution in [2.75, 3.05) is 36.8 Å². The van der Waals surface area contributed by atoms with Gasteiger partial charge in [0.1, 0.15) is 0 Å². The lowest BCUT2D eigenvalue weighted by Crippen LogP contribution is -2.35. The standard InChI is InChI=1S/C23H23Cl2N3/c24-17-10-11-22-20(16-17)23(19-8-4-5-9-21(19)25)28(15-13-27-22)14-12-26-18-6-2-1-3-7-18/h1-11,16,23,26-27H,12-15H2. The molecule has 3 nitrogen and oxygen atoms in total. The Morgan fingerprint density at radius 2 is 1.71 bits per heavy atom. The van der Waals surface area contributed by atoms with Crippen LogP contribution in [0.15, 0.2) is 72.8 Å². The molecule has 144 valence electrons. The summed E-state index contributed by atoms with van der Waals surface area (Å²) in [6.45, 7) is 3.53. The first-order valence-electron chi connectivity index (χ1n) is 9.53. The first kappa shape index (κ1) is 19.1. The summed E-state index contributed by atoms with van der Waals surface area (Å²) in [5.74, 6) is 0. The quantitative estimate of drug-likeness (QED) is 0.545. The van der Waals surface area contributed by atoms with E-state index in [1.54, 1.807) is 0 Å². The van der Waals surface area contributed by atoms with Crippen LogP contribution in [0.3, 0.4) is 0 Å². The van der Waals surface area contributed by atoms with E-state index in [2.05, 4.69) is 45.9 Å². The molecule has 0 bridgehead atoms. The number of para-hydroxylation sites is 1. The Labute approximate surface area is 176 Å². The highest BCUT2D eigenvalue weighted by atomic mass is 35.5. The van der Waals surface area contributed by atoms with Crippen LogP contribution in [0.5, 0.6) is 0 Å². The lowest BCUT2D eigenvalue weighted by Gasteiger charge is -2.31. The minimum absolute atomic E-state index is 0.0509. The summed E-state index contributed by atoms with van der Waals surface area (Å²) in [5.41, 5.74) is 4.52. The number of hydrogen-bond acceptors (Lipinski definition) is 3. The van der Waals surface area contributed by atoms with Gasteiger partial charge in [-0.2, -0.15) is 0 Å². The molecule has 4 rings (SSSR count). The van der Waals surface area contributed by atoms with Crippen molar-refractivity contribution in [1.82, 2.24) is 4.90 Å². The lowest BCUT2D eigenvalue weighted by molar-refractivity contribution is 0.248. The predicted octanol–water partition coefficient (Wildman–Crippen LogP) is 5.92. The normalized spacial score (nSPS) is 16.7. The van der Waals surface area contributed by atoms with Gasteiger partial charge < -0.3 is 10.6 Å². The van der Waals surface area contributed by atoms with Crippen LogP contribution in [0.2, 0.25) is 10.0 Å². The van der Waals surface area contributed by atoms with Crippen LogP contribution in [-0.4, -0.2) is 31.1 Å². The first-order chi connectivity index (χ1) is 13.7. The largest absolute Gasteiger partial charge is 0.384 e. The van der Waals surface area contributed by atoms with Crippen molar-refractivity contribution >= 4 is 34.6 Å². The van der Waals surface area contributed by atoms with Gasteiger partial charge in [0, 0.05) is 47.6 Å². The number of halogens is 2. The fraction of sp³-hybridized carbons (Fsp3) is 0.217. The molecule has 28 heavy (non-hydrogen) atoms. The van der Waals surface area contributed by atoms with E-state index in [4.69, 9.17) is 23.2 Å². The van der Waals surface area contributed by atoms with Gasteiger partial charge in [0.2, 0.25) is 0 Å². The molecule has 1 aliphatic heterocycles. The average Bonchev–Trinajstić information content (AvgIpc) is 2.88. The van der Waals surface area contributed by atoms with E-state index in [1.807, 2.05) is 42.5 Å². The fourth-order valence-corrected chi connectivity index (χ4v) is 4.20. The van der Waals surface area contributed by atoms with Gasteiger partial charge >= 0.3 is 0 Å². The van der Waals surface area contributed by atoms with Gasteiger partial charge in [0.15, 0.2) is 0 Å². The van der Waals surface area contributed by atoms with Gasteiger partial charge in [-0.3, -0.25) is 4.90 Å².